The van der Waals surface area contributed by atoms with Crippen molar-refractivity contribution in [1.82, 2.24) is 0 Å². The number of para-hydroxylation sites is 4. The maximum atomic E-state index is 12.9. The molecule has 0 aromatic heterocycles. The molecule has 0 atom stereocenters. The molecule has 8 nitrogen and oxygen atoms in total. The van der Waals surface area contributed by atoms with Crippen LogP contribution in [0.3, 0.4) is 0 Å². The van der Waals surface area contributed by atoms with Gasteiger partial charge in [0.1, 0.15) is 11.8 Å². The largest absolute Gasteiger partial charge is 0.272 e. The Bertz CT molecular complexity index is 1380. The molecule has 2 fully saturated rings. The van der Waals surface area contributed by atoms with Crippen LogP contribution in [0.5, 0.6) is 0 Å². The molecule has 6 rings (SSSR count). The predicted octanol–water partition coefficient (Wildman–Crippen LogP) is 7.58. The van der Waals surface area contributed by atoms with E-state index in [1.54, 1.807) is 0 Å². The third-order valence-corrected chi connectivity index (χ3v) is 8.12. The number of amides is 4. The van der Waals surface area contributed by atoms with E-state index in [9.17, 15) is 19.2 Å². The van der Waals surface area contributed by atoms with Crippen LogP contribution < -0.4 is 20.0 Å². The number of carbonyl (C=O) groups excluding carboxylic acids is 4. The maximum absolute atomic E-state index is 12.9. The Balaban J connectivity index is 0.000000181. The van der Waals surface area contributed by atoms with E-state index in [0.717, 1.165) is 25.7 Å². The van der Waals surface area contributed by atoms with Crippen LogP contribution >= 0.6 is 0 Å². The summed E-state index contributed by atoms with van der Waals surface area (Å²) in [5.41, 5.74) is 2.87. The number of anilines is 4. The van der Waals surface area contributed by atoms with Gasteiger partial charge in [0.15, 0.2) is 0 Å². The Morgan fingerprint density at radius 3 is 0.804 bits per heavy atom. The standard InChI is InChI=1S/2C19H20N2O2/c2*1-2-3-14-17-18(22)20(15-10-6-4-7-11-15)21(19(17)23)16-12-8-5-9-13-16/h2*4-13,17H,2-3,14H2,1H3. The molecule has 0 spiro atoms. The Morgan fingerprint density at radius 1 is 0.391 bits per heavy atom. The topological polar surface area (TPSA) is 81.2 Å². The molecule has 0 N–H and O–H groups in total. The first-order valence-electron chi connectivity index (χ1n) is 16.0. The highest BCUT2D eigenvalue weighted by Crippen LogP contribution is 2.35. The van der Waals surface area contributed by atoms with Gasteiger partial charge in [0.25, 0.3) is 23.6 Å². The fourth-order valence-corrected chi connectivity index (χ4v) is 5.75. The molecule has 2 aliphatic heterocycles. The molecule has 46 heavy (non-hydrogen) atoms. The van der Waals surface area contributed by atoms with Gasteiger partial charge in [0, 0.05) is 0 Å². The predicted molar refractivity (Wildman–Crippen MR) is 182 cm³/mol. The van der Waals surface area contributed by atoms with Gasteiger partial charge in [-0.05, 0) is 61.4 Å². The first-order chi connectivity index (χ1) is 22.5. The summed E-state index contributed by atoms with van der Waals surface area (Å²) in [5, 5.41) is 6.05. The molecule has 8 heteroatoms. The third-order valence-electron chi connectivity index (χ3n) is 8.12. The molecular weight excluding hydrogens is 576 g/mol. The monoisotopic (exact) mass is 616 g/mol. The van der Waals surface area contributed by atoms with Crippen LogP contribution in [0.2, 0.25) is 0 Å². The molecule has 4 aromatic carbocycles. The molecule has 0 radical (unpaired) electrons. The Labute approximate surface area is 270 Å². The van der Waals surface area contributed by atoms with Crippen molar-refractivity contribution in [3.05, 3.63) is 121 Å². The summed E-state index contributed by atoms with van der Waals surface area (Å²) >= 11 is 0. The first-order valence-corrected chi connectivity index (χ1v) is 16.0. The lowest BCUT2D eigenvalue weighted by molar-refractivity contribution is -0.128. The zero-order valence-corrected chi connectivity index (χ0v) is 26.4. The molecule has 0 unspecified atom stereocenters. The van der Waals surface area contributed by atoms with E-state index in [4.69, 9.17) is 0 Å². The molecule has 0 saturated carbocycles. The summed E-state index contributed by atoms with van der Waals surface area (Å²) in [7, 11) is 0. The zero-order valence-electron chi connectivity index (χ0n) is 26.4. The number of benzene rings is 4. The van der Waals surface area contributed by atoms with Gasteiger partial charge in [-0.3, -0.25) is 19.2 Å². The average molecular weight is 617 g/mol. The number of unbranched alkanes of at least 4 members (excludes halogenated alkanes) is 2. The fraction of sp³-hybridized carbons (Fsp3) is 0.263. The number of rotatable bonds is 10. The lowest BCUT2D eigenvalue weighted by atomic mass is 10.0. The van der Waals surface area contributed by atoms with E-state index in [2.05, 4.69) is 13.8 Å². The van der Waals surface area contributed by atoms with Gasteiger partial charge >= 0.3 is 0 Å². The number of hydrogen-bond acceptors (Lipinski definition) is 4. The van der Waals surface area contributed by atoms with E-state index < -0.39 is 11.8 Å². The van der Waals surface area contributed by atoms with Gasteiger partial charge in [0.2, 0.25) is 0 Å². The second-order valence-corrected chi connectivity index (χ2v) is 11.3. The van der Waals surface area contributed by atoms with Crippen molar-refractivity contribution in [1.29, 1.82) is 0 Å². The maximum Gasteiger partial charge on any atom is 0.258 e. The highest BCUT2D eigenvalue weighted by Gasteiger charge is 2.47. The van der Waals surface area contributed by atoms with Crippen molar-refractivity contribution in [2.45, 2.75) is 52.4 Å². The molecule has 2 heterocycles. The van der Waals surface area contributed by atoms with Gasteiger partial charge in [0.05, 0.1) is 22.7 Å². The Kier molecular flexibility index (Phi) is 10.6. The second kappa shape index (κ2) is 15.2. The number of nitrogens with zero attached hydrogens (tertiary/aromatic N) is 4. The Morgan fingerprint density at radius 2 is 0.609 bits per heavy atom. The van der Waals surface area contributed by atoms with Crippen LogP contribution in [-0.2, 0) is 19.2 Å². The molecule has 4 amide bonds. The van der Waals surface area contributed by atoms with Crippen molar-refractivity contribution in [2.24, 2.45) is 11.8 Å². The third kappa shape index (κ3) is 6.71. The molecule has 0 aliphatic carbocycles. The van der Waals surface area contributed by atoms with Gasteiger partial charge in [-0.15, -0.1) is 0 Å². The molecule has 0 bridgehead atoms. The minimum Gasteiger partial charge on any atom is -0.272 e. The van der Waals surface area contributed by atoms with Crippen molar-refractivity contribution in [2.75, 3.05) is 20.0 Å². The van der Waals surface area contributed by atoms with Crippen molar-refractivity contribution < 1.29 is 19.2 Å². The lowest BCUT2D eigenvalue weighted by Crippen LogP contribution is -2.41. The molecule has 4 aromatic rings. The van der Waals surface area contributed by atoms with Crippen molar-refractivity contribution in [3.63, 3.8) is 0 Å². The van der Waals surface area contributed by atoms with Gasteiger partial charge in [-0.25, -0.2) is 20.0 Å². The van der Waals surface area contributed by atoms with Crippen LogP contribution in [0, 0.1) is 11.8 Å². The molecular formula is C38H40N4O4. The summed E-state index contributed by atoms with van der Waals surface area (Å²) in [6, 6.07) is 37.4. The molecule has 236 valence electrons. The van der Waals surface area contributed by atoms with Crippen LogP contribution in [-0.4, -0.2) is 23.6 Å². The number of hydrazine groups is 2. The second-order valence-electron chi connectivity index (χ2n) is 11.3. The summed E-state index contributed by atoms with van der Waals surface area (Å²) in [6.45, 7) is 4.13. The average Bonchev–Trinajstić information content (AvgIpc) is 3.51. The summed E-state index contributed by atoms with van der Waals surface area (Å²) < 4.78 is 0. The fourth-order valence-electron chi connectivity index (χ4n) is 5.75. The minimum atomic E-state index is -0.588. The van der Waals surface area contributed by atoms with Gasteiger partial charge < -0.3 is 0 Å². The smallest absolute Gasteiger partial charge is 0.258 e. The zero-order chi connectivity index (χ0) is 32.5. The summed E-state index contributed by atoms with van der Waals surface area (Å²) in [4.78, 5) is 51.5. The quantitative estimate of drug-likeness (QED) is 0.172. The number of hydrogen-bond donors (Lipinski definition) is 0. The van der Waals surface area contributed by atoms with E-state index in [1.165, 1.54) is 20.0 Å². The van der Waals surface area contributed by atoms with E-state index in [0.29, 0.717) is 35.6 Å². The minimum absolute atomic E-state index is 0.140. The van der Waals surface area contributed by atoms with Crippen LogP contribution in [0.25, 0.3) is 0 Å². The number of carbonyl (C=O) groups is 4. The Hall–Kier alpha value is -5.24. The SMILES string of the molecule is CCCCC1C(=O)N(c2ccccc2)N(c2ccccc2)C1=O.CCCCC1C(=O)N(c2ccccc2)N(c2ccccc2)C1=O. The first kappa shape index (κ1) is 32.2. The summed E-state index contributed by atoms with van der Waals surface area (Å²) in [5.74, 6) is -1.74. The van der Waals surface area contributed by atoms with Crippen LogP contribution in [0.4, 0.5) is 22.7 Å². The van der Waals surface area contributed by atoms with E-state index >= 15 is 0 Å². The van der Waals surface area contributed by atoms with Crippen molar-refractivity contribution in [3.8, 4) is 0 Å². The summed E-state index contributed by atoms with van der Waals surface area (Å²) in [6.07, 6.45) is 4.87. The van der Waals surface area contributed by atoms with Crippen LogP contribution in [0.1, 0.15) is 52.4 Å². The molecule has 2 aliphatic rings. The molecule has 2 saturated heterocycles. The van der Waals surface area contributed by atoms with Gasteiger partial charge in [-0.1, -0.05) is 112 Å². The highest BCUT2D eigenvalue weighted by molar-refractivity contribution is 6.23. The lowest BCUT2D eigenvalue weighted by Gasteiger charge is -2.27. The highest BCUT2D eigenvalue weighted by atomic mass is 16.2. The van der Waals surface area contributed by atoms with Gasteiger partial charge in [-0.2, -0.15) is 0 Å². The van der Waals surface area contributed by atoms with E-state index in [1.807, 2.05) is 121 Å². The normalized spacial score (nSPS) is 15.5. The van der Waals surface area contributed by atoms with E-state index in [-0.39, 0.29) is 23.6 Å². The van der Waals surface area contributed by atoms with Crippen molar-refractivity contribution >= 4 is 46.4 Å². The van der Waals surface area contributed by atoms with Crippen LogP contribution in [0.15, 0.2) is 121 Å².